The molecular formula is C21H43N. The molecule has 0 fully saturated rings. The molecule has 0 aromatic heterocycles. The van der Waals surface area contributed by atoms with Gasteiger partial charge in [-0.2, -0.15) is 0 Å². The number of unbranched alkanes of at least 4 members (excludes halogenated alkanes) is 15. The van der Waals surface area contributed by atoms with E-state index >= 15 is 0 Å². The van der Waals surface area contributed by atoms with Crippen molar-refractivity contribution >= 4 is 0 Å². The van der Waals surface area contributed by atoms with Crippen LogP contribution in [0.5, 0.6) is 0 Å². The molecule has 1 heteroatoms. The number of hydrogen-bond donors (Lipinski definition) is 0. The van der Waals surface area contributed by atoms with Crippen LogP contribution >= 0.6 is 0 Å². The molecule has 0 aromatic carbocycles. The average molecular weight is 310 g/mol. The highest BCUT2D eigenvalue weighted by atomic mass is 15.1. The minimum Gasteiger partial charge on any atom is -0.381 e. The van der Waals surface area contributed by atoms with Crippen molar-refractivity contribution in [1.82, 2.24) is 4.90 Å². The molecule has 0 unspecified atom stereocenters. The van der Waals surface area contributed by atoms with Gasteiger partial charge in [0.1, 0.15) is 0 Å². The Morgan fingerprint density at radius 1 is 0.591 bits per heavy atom. The van der Waals surface area contributed by atoms with Gasteiger partial charge in [-0.15, -0.1) is 0 Å². The molecule has 0 aliphatic carbocycles. The van der Waals surface area contributed by atoms with E-state index < -0.39 is 0 Å². The van der Waals surface area contributed by atoms with Gasteiger partial charge in [0.2, 0.25) is 0 Å². The minimum atomic E-state index is 1.17. The normalized spacial score (nSPS) is 10.8. The maximum atomic E-state index is 3.78. The monoisotopic (exact) mass is 309 g/mol. The van der Waals surface area contributed by atoms with Crippen LogP contribution in [-0.4, -0.2) is 18.5 Å². The molecule has 0 atom stereocenters. The molecule has 0 aliphatic heterocycles. The molecule has 0 radical (unpaired) electrons. The van der Waals surface area contributed by atoms with Gasteiger partial charge in [-0.3, -0.25) is 0 Å². The van der Waals surface area contributed by atoms with Gasteiger partial charge < -0.3 is 4.90 Å². The molecule has 0 aliphatic rings. The summed E-state index contributed by atoms with van der Waals surface area (Å²) in [4.78, 5) is 2.18. The zero-order valence-corrected chi connectivity index (χ0v) is 15.8. The zero-order chi connectivity index (χ0) is 16.3. The van der Waals surface area contributed by atoms with Gasteiger partial charge >= 0.3 is 0 Å². The lowest BCUT2D eigenvalue weighted by Crippen LogP contribution is -2.11. The summed E-state index contributed by atoms with van der Waals surface area (Å²) in [6.07, 6.45) is 25.0. The van der Waals surface area contributed by atoms with E-state index in [9.17, 15) is 0 Å². The Morgan fingerprint density at radius 2 is 0.909 bits per heavy atom. The molecule has 22 heavy (non-hydrogen) atoms. The smallest absolute Gasteiger partial charge is 0.0169 e. The van der Waals surface area contributed by atoms with Gasteiger partial charge in [0.25, 0.3) is 0 Å². The van der Waals surface area contributed by atoms with E-state index in [0.29, 0.717) is 0 Å². The van der Waals surface area contributed by atoms with Crippen molar-refractivity contribution in [1.29, 1.82) is 0 Å². The highest BCUT2D eigenvalue weighted by Gasteiger charge is 1.95. The predicted molar refractivity (Wildman–Crippen MR) is 102 cm³/mol. The summed E-state index contributed by atoms with van der Waals surface area (Å²) in [7, 11) is 2.11. The standard InChI is InChI=1S/C21H43N/c1-4-6-7-8-9-10-11-12-13-14-15-16-17-18-19-20-21-22(3)5-2/h5H,2,4,6-21H2,1,3H3. The Balaban J connectivity index is 2.98. The van der Waals surface area contributed by atoms with E-state index in [1.165, 1.54) is 109 Å². The van der Waals surface area contributed by atoms with Gasteiger partial charge in [-0.05, 0) is 12.6 Å². The van der Waals surface area contributed by atoms with Crippen molar-refractivity contribution in [3.05, 3.63) is 12.8 Å². The quantitative estimate of drug-likeness (QED) is 0.240. The Morgan fingerprint density at radius 3 is 1.23 bits per heavy atom. The van der Waals surface area contributed by atoms with Gasteiger partial charge in [0.15, 0.2) is 0 Å². The lowest BCUT2D eigenvalue weighted by molar-refractivity contribution is 0.429. The van der Waals surface area contributed by atoms with E-state index in [1.807, 2.05) is 6.20 Å². The second-order valence-corrected chi connectivity index (χ2v) is 6.97. The van der Waals surface area contributed by atoms with Crippen LogP contribution in [0, 0.1) is 0 Å². The molecule has 0 saturated carbocycles. The largest absolute Gasteiger partial charge is 0.381 e. The average Bonchev–Trinajstić information content (AvgIpc) is 2.54. The first-order chi connectivity index (χ1) is 10.8. The maximum Gasteiger partial charge on any atom is 0.0169 e. The summed E-state index contributed by atoms with van der Waals surface area (Å²) in [5.74, 6) is 0. The van der Waals surface area contributed by atoms with Gasteiger partial charge in [-0.1, -0.05) is 110 Å². The molecule has 0 bridgehead atoms. The Bertz CT molecular complexity index is 212. The van der Waals surface area contributed by atoms with Crippen molar-refractivity contribution in [3.63, 3.8) is 0 Å². The van der Waals surface area contributed by atoms with Crippen molar-refractivity contribution in [2.24, 2.45) is 0 Å². The van der Waals surface area contributed by atoms with E-state index in [4.69, 9.17) is 0 Å². The van der Waals surface area contributed by atoms with Crippen LogP contribution in [0.4, 0.5) is 0 Å². The Kier molecular flexibility index (Phi) is 18.2. The number of rotatable bonds is 18. The highest BCUT2D eigenvalue weighted by Crippen LogP contribution is 2.13. The zero-order valence-electron chi connectivity index (χ0n) is 15.8. The van der Waals surface area contributed by atoms with Gasteiger partial charge in [-0.25, -0.2) is 0 Å². The van der Waals surface area contributed by atoms with E-state index in [2.05, 4.69) is 25.5 Å². The van der Waals surface area contributed by atoms with Crippen LogP contribution in [0.15, 0.2) is 12.8 Å². The summed E-state index contributed by atoms with van der Waals surface area (Å²) in [5, 5.41) is 0. The molecule has 132 valence electrons. The predicted octanol–water partition coefficient (Wildman–Crippen LogP) is 7.32. The van der Waals surface area contributed by atoms with Crippen LogP contribution < -0.4 is 0 Å². The second-order valence-electron chi connectivity index (χ2n) is 6.97. The van der Waals surface area contributed by atoms with Crippen molar-refractivity contribution in [3.8, 4) is 0 Å². The third-order valence-corrected chi connectivity index (χ3v) is 4.68. The molecule has 0 saturated heterocycles. The first kappa shape index (κ1) is 21.5. The fourth-order valence-corrected chi connectivity index (χ4v) is 3.00. The molecule has 0 heterocycles. The topological polar surface area (TPSA) is 3.24 Å². The lowest BCUT2D eigenvalue weighted by atomic mass is 10.0. The fourth-order valence-electron chi connectivity index (χ4n) is 3.00. The van der Waals surface area contributed by atoms with E-state index in [-0.39, 0.29) is 0 Å². The summed E-state index contributed by atoms with van der Waals surface area (Å²) in [5.41, 5.74) is 0. The molecule has 1 nitrogen and oxygen atoms in total. The first-order valence-corrected chi connectivity index (χ1v) is 10.1. The SMILES string of the molecule is C=CN(C)CCCCCCCCCCCCCCCCCC. The molecular weight excluding hydrogens is 266 g/mol. The third-order valence-electron chi connectivity index (χ3n) is 4.68. The van der Waals surface area contributed by atoms with Crippen LogP contribution in [-0.2, 0) is 0 Å². The van der Waals surface area contributed by atoms with Crippen LogP contribution in [0.25, 0.3) is 0 Å². The molecule has 0 aromatic rings. The molecule has 0 amide bonds. The third kappa shape index (κ3) is 17.6. The lowest BCUT2D eigenvalue weighted by Gasteiger charge is -2.12. The van der Waals surface area contributed by atoms with E-state index in [0.717, 1.165) is 0 Å². The molecule has 0 rings (SSSR count). The van der Waals surface area contributed by atoms with Crippen molar-refractivity contribution in [2.45, 2.75) is 110 Å². The van der Waals surface area contributed by atoms with Gasteiger partial charge in [0, 0.05) is 13.6 Å². The highest BCUT2D eigenvalue weighted by molar-refractivity contribution is 4.65. The second kappa shape index (κ2) is 18.6. The maximum absolute atomic E-state index is 3.78. The van der Waals surface area contributed by atoms with Crippen molar-refractivity contribution < 1.29 is 0 Å². The first-order valence-electron chi connectivity index (χ1n) is 10.1. The summed E-state index contributed by atoms with van der Waals surface area (Å²) in [6, 6.07) is 0. The number of hydrogen-bond acceptors (Lipinski definition) is 1. The number of nitrogens with zero attached hydrogens (tertiary/aromatic N) is 1. The Labute approximate surface area is 141 Å². The minimum absolute atomic E-state index is 1.17. The molecule has 0 spiro atoms. The van der Waals surface area contributed by atoms with Crippen LogP contribution in [0.1, 0.15) is 110 Å². The summed E-state index contributed by atoms with van der Waals surface area (Å²) in [6.45, 7) is 7.24. The van der Waals surface area contributed by atoms with Gasteiger partial charge in [0.05, 0.1) is 0 Å². The summed E-state index contributed by atoms with van der Waals surface area (Å²) < 4.78 is 0. The van der Waals surface area contributed by atoms with Crippen molar-refractivity contribution in [2.75, 3.05) is 13.6 Å². The fraction of sp³-hybridized carbons (Fsp3) is 0.905. The van der Waals surface area contributed by atoms with Crippen LogP contribution in [0.2, 0.25) is 0 Å². The summed E-state index contributed by atoms with van der Waals surface area (Å²) >= 11 is 0. The Hall–Kier alpha value is -0.460. The van der Waals surface area contributed by atoms with E-state index in [1.54, 1.807) is 0 Å². The molecule has 0 N–H and O–H groups in total. The van der Waals surface area contributed by atoms with Crippen LogP contribution in [0.3, 0.4) is 0 Å².